The molecule has 0 unspecified atom stereocenters. The number of methoxy groups -OCH3 is 1. The van der Waals surface area contributed by atoms with E-state index in [0.717, 1.165) is 5.56 Å². The number of amides is 8. The van der Waals surface area contributed by atoms with Crippen LogP contribution in [0.5, 0.6) is 5.75 Å². The van der Waals surface area contributed by atoms with E-state index in [9.17, 15) is 38.4 Å². The van der Waals surface area contributed by atoms with Crippen LogP contribution in [0.2, 0.25) is 0 Å². The second-order valence-electron chi connectivity index (χ2n) is 18.2. The molecule has 0 fully saturated rings. The van der Waals surface area contributed by atoms with Crippen molar-refractivity contribution in [3.05, 3.63) is 65.7 Å². The minimum Gasteiger partial charge on any atom is -0.497 e. The van der Waals surface area contributed by atoms with E-state index in [1.807, 2.05) is 27.7 Å². The normalized spacial score (nSPS) is 13.4. The molecule has 24 nitrogen and oxygen atoms in total. The van der Waals surface area contributed by atoms with Crippen LogP contribution in [0.1, 0.15) is 77.3 Å². The Hall–Kier alpha value is -7.50. The minimum absolute atomic E-state index is 0.00534. The van der Waals surface area contributed by atoms with Crippen molar-refractivity contribution >= 4 is 59.2 Å². The summed E-state index contributed by atoms with van der Waals surface area (Å²) >= 11 is 0. The quantitative estimate of drug-likeness (QED) is 0.0205. The molecule has 0 radical (unpaired) electrons. The molecular formula is C48H77N15O9. The fraction of sp³-hybridized carbons (Fsp3) is 0.542. The Morgan fingerprint density at radius 1 is 0.583 bits per heavy atom. The molecule has 0 aromatic heterocycles. The highest BCUT2D eigenvalue weighted by Crippen LogP contribution is 2.16. The van der Waals surface area contributed by atoms with Gasteiger partial charge in [-0.3, -0.25) is 48.3 Å². The number of nitrogens with two attached hydrogens (primary N) is 6. The van der Waals surface area contributed by atoms with Crippen LogP contribution >= 0.6 is 0 Å². The number of primary amides is 1. The highest BCUT2D eigenvalue weighted by atomic mass is 16.5. The van der Waals surface area contributed by atoms with E-state index in [4.69, 9.17) is 39.1 Å². The van der Waals surface area contributed by atoms with Gasteiger partial charge in [-0.1, -0.05) is 70.2 Å². The number of nitrogens with zero attached hydrogens (tertiary/aromatic N) is 3. The molecule has 8 amide bonds. The molecule has 18 N–H and O–H groups in total. The van der Waals surface area contributed by atoms with Crippen LogP contribution in [0.25, 0.3) is 0 Å². The Morgan fingerprint density at radius 3 is 1.65 bits per heavy atom. The summed E-state index contributed by atoms with van der Waals surface area (Å²) in [5, 5.41) is 15.7. The fourth-order valence-electron chi connectivity index (χ4n) is 7.34. The molecule has 6 atom stereocenters. The van der Waals surface area contributed by atoms with E-state index < -0.39 is 96.6 Å². The molecule has 72 heavy (non-hydrogen) atoms. The fourth-order valence-corrected chi connectivity index (χ4v) is 7.34. The number of hydrogen-bond donors (Lipinski definition) is 12. The van der Waals surface area contributed by atoms with Gasteiger partial charge < -0.3 is 75.9 Å². The summed E-state index contributed by atoms with van der Waals surface area (Å²) in [6, 6.07) is 8.84. The van der Waals surface area contributed by atoms with E-state index in [-0.39, 0.29) is 88.2 Å². The molecule has 0 aliphatic heterocycles. The number of aliphatic imine (C=N–C) groups is 2. The standard InChI is InChI=1S/C48H77N15O9/c1-28(2)22-35(41(50)66)61-43(68)34(14-10-20-55-47(51)52)60-45(70)38(15-11-21-56-48(53)54)63(5)46(71)37(23-29(3)4)62-44(69)36(25-30-12-8-7-9-13-30)59-40(65)27-57-39(64)26-58-42(67)33(49)24-31-16-18-32(72-6)19-17-31/h7-9,12-13,16-19,28-29,33-38H,10-11,14-15,20-27,49H2,1-6H3,(H2,50,66)(H,57,64)(H,58,67)(H,59,65)(H,60,70)(H,61,68)(H,62,69)(H4,51,52,55)(H4,53,54,56)/t33-,34-,35+,36-,37-,38-/m0/s1. The maximum Gasteiger partial charge on any atom is 0.245 e. The second-order valence-corrected chi connectivity index (χ2v) is 18.2. The lowest BCUT2D eigenvalue weighted by molar-refractivity contribution is -0.143. The Kier molecular flexibility index (Phi) is 26.7. The smallest absolute Gasteiger partial charge is 0.245 e. The highest BCUT2D eigenvalue weighted by molar-refractivity contribution is 5.97. The van der Waals surface area contributed by atoms with Crippen LogP contribution in [-0.4, -0.2) is 141 Å². The Morgan fingerprint density at radius 2 is 1.10 bits per heavy atom. The third kappa shape index (κ3) is 23.4. The maximum absolute atomic E-state index is 14.6. The van der Waals surface area contributed by atoms with Gasteiger partial charge in [-0.2, -0.15) is 0 Å². The number of hydrogen-bond acceptors (Lipinski definition) is 12. The molecule has 0 saturated carbocycles. The van der Waals surface area contributed by atoms with E-state index >= 15 is 0 Å². The Labute approximate surface area is 421 Å². The number of likely N-dealkylation sites (N-methyl/N-ethyl adjacent to an activating group) is 1. The van der Waals surface area contributed by atoms with Crippen LogP contribution in [0.3, 0.4) is 0 Å². The summed E-state index contributed by atoms with van der Waals surface area (Å²) in [7, 11) is 2.92. The molecular weight excluding hydrogens is 931 g/mol. The predicted octanol–water partition coefficient (Wildman–Crippen LogP) is -2.51. The third-order valence-electron chi connectivity index (χ3n) is 11.1. The first kappa shape index (κ1) is 60.6. The first-order valence-electron chi connectivity index (χ1n) is 23.8. The molecule has 0 aliphatic carbocycles. The van der Waals surface area contributed by atoms with Crippen molar-refractivity contribution in [2.24, 2.45) is 56.2 Å². The molecule has 2 rings (SSSR count). The van der Waals surface area contributed by atoms with Crippen LogP contribution in [0, 0.1) is 11.8 Å². The summed E-state index contributed by atoms with van der Waals surface area (Å²) in [6.07, 6.45) is 1.01. The molecule has 2 aromatic carbocycles. The lowest BCUT2D eigenvalue weighted by atomic mass is 9.99. The van der Waals surface area contributed by atoms with Crippen molar-refractivity contribution in [1.29, 1.82) is 0 Å². The Balaban J connectivity index is 2.33. The van der Waals surface area contributed by atoms with Gasteiger partial charge >= 0.3 is 0 Å². The zero-order valence-electron chi connectivity index (χ0n) is 42.3. The van der Waals surface area contributed by atoms with Crippen molar-refractivity contribution in [3.63, 3.8) is 0 Å². The Bertz CT molecular complexity index is 2150. The van der Waals surface area contributed by atoms with Gasteiger partial charge in [-0.25, -0.2) is 0 Å². The second kappa shape index (κ2) is 31.7. The summed E-state index contributed by atoms with van der Waals surface area (Å²) in [5.41, 5.74) is 35.2. The van der Waals surface area contributed by atoms with Crippen LogP contribution in [-0.2, 0) is 51.2 Å². The minimum atomic E-state index is -1.25. The molecule has 24 heteroatoms. The predicted molar refractivity (Wildman–Crippen MR) is 273 cm³/mol. The average Bonchev–Trinajstić information content (AvgIpc) is 3.32. The molecule has 2 aromatic rings. The maximum atomic E-state index is 14.6. The monoisotopic (exact) mass is 1010 g/mol. The SMILES string of the molecule is COc1ccc(C[C@H](N)C(=O)NCC(=O)NCC(=O)N[C@@H](Cc2ccccc2)C(=O)N[C@@H](CC(C)C)C(=O)N(C)[C@@H](CCCN=C(N)N)C(=O)N[C@@H](CCCN=C(N)N)C(=O)N[C@H](CC(C)C)C(N)=O)cc1. The van der Waals surface area contributed by atoms with E-state index in [1.165, 1.54) is 19.1 Å². The number of nitrogens with one attached hydrogen (secondary N) is 6. The molecule has 0 aliphatic rings. The van der Waals surface area contributed by atoms with Crippen molar-refractivity contribution in [2.75, 3.05) is 40.3 Å². The average molecular weight is 1010 g/mol. The van der Waals surface area contributed by atoms with Gasteiger partial charge in [0.15, 0.2) is 11.9 Å². The van der Waals surface area contributed by atoms with Crippen LogP contribution < -0.4 is 71.0 Å². The summed E-state index contributed by atoms with van der Waals surface area (Å²) in [4.78, 5) is 117. The highest BCUT2D eigenvalue weighted by Gasteiger charge is 2.36. The van der Waals surface area contributed by atoms with Crippen molar-refractivity contribution in [3.8, 4) is 5.75 Å². The summed E-state index contributed by atoms with van der Waals surface area (Å²) in [6.45, 7) is 6.54. The molecule has 0 spiro atoms. The van der Waals surface area contributed by atoms with Gasteiger partial charge in [-0.05, 0) is 80.0 Å². The zero-order valence-corrected chi connectivity index (χ0v) is 42.3. The van der Waals surface area contributed by atoms with Gasteiger partial charge in [0.2, 0.25) is 47.3 Å². The lowest BCUT2D eigenvalue weighted by Crippen LogP contribution is -2.60. The largest absolute Gasteiger partial charge is 0.497 e. The van der Waals surface area contributed by atoms with Crippen molar-refractivity contribution in [1.82, 2.24) is 36.8 Å². The number of carbonyl (C=O) groups excluding carboxylic acids is 8. The molecule has 0 heterocycles. The number of ether oxygens (including phenoxy) is 1. The summed E-state index contributed by atoms with van der Waals surface area (Å²) < 4.78 is 5.15. The van der Waals surface area contributed by atoms with Crippen molar-refractivity contribution < 1.29 is 43.1 Å². The zero-order chi connectivity index (χ0) is 53.9. The summed E-state index contributed by atoms with van der Waals surface area (Å²) in [5.74, 6) is -5.52. The molecule has 0 bridgehead atoms. The van der Waals surface area contributed by atoms with Crippen molar-refractivity contribution in [2.45, 2.75) is 115 Å². The van der Waals surface area contributed by atoms with Gasteiger partial charge in [0.1, 0.15) is 36.0 Å². The van der Waals surface area contributed by atoms with E-state index in [1.54, 1.807) is 54.6 Å². The van der Waals surface area contributed by atoms with Crippen LogP contribution in [0.4, 0.5) is 0 Å². The number of rotatable bonds is 32. The van der Waals surface area contributed by atoms with E-state index in [2.05, 4.69) is 41.9 Å². The first-order valence-corrected chi connectivity index (χ1v) is 23.8. The van der Waals surface area contributed by atoms with Gasteiger partial charge in [0, 0.05) is 26.6 Å². The first-order chi connectivity index (χ1) is 34.0. The topological polar surface area (TPSA) is 402 Å². The van der Waals surface area contributed by atoms with Crippen LogP contribution in [0.15, 0.2) is 64.6 Å². The van der Waals surface area contributed by atoms with Gasteiger partial charge in [0.05, 0.1) is 26.2 Å². The molecule has 0 saturated heterocycles. The lowest BCUT2D eigenvalue weighted by Gasteiger charge is -2.33. The third-order valence-corrected chi connectivity index (χ3v) is 11.1. The number of benzene rings is 2. The van der Waals surface area contributed by atoms with Gasteiger partial charge in [-0.15, -0.1) is 0 Å². The number of guanidine groups is 2. The van der Waals surface area contributed by atoms with E-state index in [0.29, 0.717) is 11.3 Å². The number of carbonyl (C=O) groups is 8. The molecule has 398 valence electrons. The van der Waals surface area contributed by atoms with Gasteiger partial charge in [0.25, 0.3) is 0 Å².